The Hall–Kier alpha value is -3.77. The number of imidazole rings is 1. The van der Waals surface area contributed by atoms with E-state index in [0.29, 0.717) is 24.1 Å². The van der Waals surface area contributed by atoms with E-state index in [0.717, 1.165) is 117 Å². The van der Waals surface area contributed by atoms with Gasteiger partial charge in [0.1, 0.15) is 17.3 Å². The molecule has 2 aliphatic rings. The molecule has 5 atom stereocenters. The predicted octanol–water partition coefficient (Wildman–Crippen LogP) is 9.80. The summed E-state index contributed by atoms with van der Waals surface area (Å²) in [5.74, 6) is 3.02. The van der Waals surface area contributed by atoms with Gasteiger partial charge in [0.05, 0.1) is 25.0 Å². The maximum Gasteiger partial charge on any atom is 0.133 e. The van der Waals surface area contributed by atoms with E-state index in [-0.39, 0.29) is 23.2 Å². The van der Waals surface area contributed by atoms with Crippen molar-refractivity contribution in [3.05, 3.63) is 136 Å². The quantitative estimate of drug-likeness (QED) is 0.108. The van der Waals surface area contributed by atoms with Gasteiger partial charge in [-0.25, -0.2) is 4.98 Å². The van der Waals surface area contributed by atoms with Crippen LogP contribution in [0.2, 0.25) is 10.0 Å². The Morgan fingerprint density at radius 2 is 1.67 bits per heavy atom. The van der Waals surface area contributed by atoms with Crippen molar-refractivity contribution in [2.45, 2.75) is 96.1 Å². The lowest BCUT2D eigenvalue weighted by Gasteiger charge is -2.46. The molecular formula is C52H69Cl2N7O2. The highest BCUT2D eigenvalue weighted by molar-refractivity contribution is 6.31. The van der Waals surface area contributed by atoms with Crippen molar-refractivity contribution >= 4 is 23.2 Å². The highest BCUT2D eigenvalue weighted by Crippen LogP contribution is 2.33. The summed E-state index contributed by atoms with van der Waals surface area (Å²) in [5, 5.41) is 13.1. The number of rotatable bonds is 13. The van der Waals surface area contributed by atoms with E-state index < -0.39 is 0 Å². The van der Waals surface area contributed by atoms with Crippen LogP contribution in [0.25, 0.3) is 11.3 Å². The van der Waals surface area contributed by atoms with Crippen molar-refractivity contribution < 1.29 is 9.47 Å². The molecule has 11 heteroatoms. The van der Waals surface area contributed by atoms with Gasteiger partial charge in [0.25, 0.3) is 0 Å². The van der Waals surface area contributed by atoms with Crippen molar-refractivity contribution in [2.75, 3.05) is 53.0 Å². The maximum atomic E-state index is 6.69. The van der Waals surface area contributed by atoms with Gasteiger partial charge in [-0.15, -0.1) is 0 Å². The Morgan fingerprint density at radius 1 is 0.905 bits per heavy atom. The molecule has 2 saturated heterocycles. The lowest BCUT2D eigenvalue weighted by molar-refractivity contribution is 0.0846. The zero-order chi connectivity index (χ0) is 44.4. The molecule has 0 radical (unpaired) electrons. The van der Waals surface area contributed by atoms with Gasteiger partial charge in [-0.3, -0.25) is 4.90 Å². The third kappa shape index (κ3) is 13.6. The summed E-state index contributed by atoms with van der Waals surface area (Å²) >= 11 is 13.0. The standard InChI is InChI=1S/C52H69Cl2N7O2/c1-38-30-55-46(36-62-6)31-58-52(29-40-13-18-44(53)19-14-40)24-10-25-60(37-52)34-41(27-39-11-8-7-9-12-39)23-26-61(38)35-43-15-20-45(54)28-49(43)63-47-21-16-42(17-22-47)48-32-56-50(59(48)5)33-57-51(2,3)4/h7-9,11-22,28,32,38,41,46,55,57-58H,10,23-27,29-31,33-37H2,1-6H3/t38-,41-,46-,52+/m0/s1. The van der Waals surface area contributed by atoms with Crippen LogP contribution in [0.1, 0.15) is 69.5 Å². The number of nitrogens with zero attached hydrogens (tertiary/aromatic N) is 4. The average molecular weight is 895 g/mol. The molecule has 0 aliphatic carbocycles. The Labute approximate surface area is 386 Å². The number of ether oxygens (including phenoxy) is 2. The van der Waals surface area contributed by atoms with E-state index >= 15 is 0 Å². The number of methoxy groups -OCH3 is 1. The lowest BCUT2D eigenvalue weighted by atomic mass is 9.82. The monoisotopic (exact) mass is 893 g/mol. The fraction of sp³-hybridized carbons (Fsp3) is 0.481. The van der Waals surface area contributed by atoms with E-state index in [1.165, 1.54) is 11.1 Å². The molecule has 0 amide bonds. The fourth-order valence-electron chi connectivity index (χ4n) is 9.32. The molecule has 2 aliphatic heterocycles. The van der Waals surface area contributed by atoms with Crippen LogP contribution >= 0.6 is 23.2 Å². The number of aromatic nitrogens is 2. The zero-order valence-electron chi connectivity index (χ0n) is 38.3. The molecule has 3 N–H and O–H groups in total. The average Bonchev–Trinajstić information content (AvgIpc) is 3.63. The molecule has 2 fully saturated rings. The number of hydrogen-bond donors (Lipinski definition) is 3. The van der Waals surface area contributed by atoms with Crippen molar-refractivity contribution in [1.29, 1.82) is 0 Å². The van der Waals surface area contributed by atoms with Gasteiger partial charge in [0.2, 0.25) is 0 Å². The van der Waals surface area contributed by atoms with Gasteiger partial charge in [-0.2, -0.15) is 0 Å². The molecule has 0 saturated carbocycles. The minimum Gasteiger partial charge on any atom is -0.457 e. The van der Waals surface area contributed by atoms with Crippen LogP contribution in [0, 0.1) is 5.92 Å². The second-order valence-electron chi connectivity index (χ2n) is 19.1. The number of nitrogens with one attached hydrogen (secondary N) is 3. The first-order chi connectivity index (χ1) is 30.3. The summed E-state index contributed by atoms with van der Waals surface area (Å²) in [5.41, 5.74) is 5.94. The van der Waals surface area contributed by atoms with Gasteiger partial charge in [0.15, 0.2) is 0 Å². The number of benzene rings is 4. The first kappa shape index (κ1) is 47.2. The van der Waals surface area contributed by atoms with Gasteiger partial charge in [-0.1, -0.05) is 71.7 Å². The smallest absolute Gasteiger partial charge is 0.133 e. The molecule has 9 nitrogen and oxygen atoms in total. The largest absolute Gasteiger partial charge is 0.457 e. The summed E-state index contributed by atoms with van der Waals surface area (Å²) < 4.78 is 14.7. The highest BCUT2D eigenvalue weighted by atomic mass is 35.5. The van der Waals surface area contributed by atoms with E-state index in [1.54, 1.807) is 7.11 Å². The van der Waals surface area contributed by atoms with E-state index in [4.69, 9.17) is 37.7 Å². The predicted molar refractivity (Wildman–Crippen MR) is 260 cm³/mol. The number of fused-ring (bicyclic) bond motifs is 2. The third-order valence-corrected chi connectivity index (χ3v) is 13.4. The summed E-state index contributed by atoms with van der Waals surface area (Å²) in [6.07, 6.45) is 7.32. The maximum absolute atomic E-state index is 6.69. The Balaban J connectivity index is 1.11. The molecule has 63 heavy (non-hydrogen) atoms. The zero-order valence-corrected chi connectivity index (χ0v) is 39.8. The van der Waals surface area contributed by atoms with Crippen molar-refractivity contribution in [3.8, 4) is 22.8 Å². The highest BCUT2D eigenvalue weighted by Gasteiger charge is 2.37. The van der Waals surface area contributed by atoms with E-state index in [2.05, 4.69) is 126 Å². The first-order valence-electron chi connectivity index (χ1n) is 22.9. The topological polar surface area (TPSA) is 78.8 Å². The molecule has 2 bridgehead atoms. The molecule has 1 unspecified atom stereocenters. The van der Waals surface area contributed by atoms with Gasteiger partial charge in [0, 0.05) is 91.2 Å². The van der Waals surface area contributed by atoms with Crippen LogP contribution in [0.4, 0.5) is 0 Å². The first-order valence-corrected chi connectivity index (χ1v) is 23.6. The molecule has 1 aromatic heterocycles. The molecule has 338 valence electrons. The number of hydrogen-bond acceptors (Lipinski definition) is 8. The molecular weight excluding hydrogens is 826 g/mol. The third-order valence-electron chi connectivity index (χ3n) is 12.9. The number of piperidine rings is 1. The van der Waals surface area contributed by atoms with Gasteiger partial charge >= 0.3 is 0 Å². The second-order valence-corrected chi connectivity index (χ2v) is 20.0. The minimum atomic E-state index is -0.0458. The molecule has 0 spiro atoms. The normalized spacial score (nSPS) is 23.0. The van der Waals surface area contributed by atoms with Crippen molar-refractivity contribution in [2.24, 2.45) is 13.0 Å². The Bertz CT molecular complexity index is 2180. The number of halogens is 2. The summed E-state index contributed by atoms with van der Waals surface area (Å²) in [6.45, 7) is 16.7. The summed E-state index contributed by atoms with van der Waals surface area (Å²) in [6, 6.07) is 34.2. The van der Waals surface area contributed by atoms with Crippen LogP contribution in [0.15, 0.2) is 103 Å². The van der Waals surface area contributed by atoms with Gasteiger partial charge in [-0.05, 0) is 138 Å². The van der Waals surface area contributed by atoms with Crippen LogP contribution in [-0.2, 0) is 37.7 Å². The van der Waals surface area contributed by atoms with Crippen LogP contribution in [-0.4, -0.2) is 95.5 Å². The van der Waals surface area contributed by atoms with E-state index in [9.17, 15) is 0 Å². The van der Waals surface area contributed by atoms with Crippen LogP contribution < -0.4 is 20.7 Å². The minimum absolute atomic E-state index is 0.0132. The molecule has 4 aromatic carbocycles. The van der Waals surface area contributed by atoms with Gasteiger partial charge < -0.3 is 34.9 Å². The Morgan fingerprint density at radius 3 is 2.41 bits per heavy atom. The summed E-state index contributed by atoms with van der Waals surface area (Å²) in [4.78, 5) is 10.1. The van der Waals surface area contributed by atoms with Crippen LogP contribution in [0.5, 0.6) is 11.5 Å². The SMILES string of the molecule is COC[C@@H]1CN[C@@]2(Cc3ccc(Cl)cc3)CCCN(C[C@H](Cc3ccccc3)CCN(Cc3ccc(Cl)cc3Oc3ccc(-c4cnc(CNC(C)(C)C)n4C)cc3)[C@@H](C)CN1)C2. The second kappa shape index (κ2) is 21.9. The molecule has 3 heterocycles. The summed E-state index contributed by atoms with van der Waals surface area (Å²) in [7, 11) is 3.88. The lowest BCUT2D eigenvalue weighted by Crippen LogP contribution is -2.62. The fourth-order valence-corrected chi connectivity index (χ4v) is 9.60. The van der Waals surface area contributed by atoms with E-state index in [1.807, 2.05) is 42.6 Å². The van der Waals surface area contributed by atoms with Crippen LogP contribution in [0.3, 0.4) is 0 Å². The van der Waals surface area contributed by atoms with Crippen molar-refractivity contribution in [1.82, 2.24) is 35.3 Å². The molecule has 7 rings (SSSR count). The Kier molecular flexibility index (Phi) is 16.4. The molecule has 5 aromatic rings. The van der Waals surface area contributed by atoms with Crippen molar-refractivity contribution in [3.63, 3.8) is 0 Å².